The van der Waals surface area contributed by atoms with Crippen LogP contribution in [0.15, 0.2) is 95.7 Å². The van der Waals surface area contributed by atoms with Gasteiger partial charge in [0.15, 0.2) is 5.76 Å². The maximum Gasteiger partial charge on any atom is 0.289 e. The second-order valence-corrected chi connectivity index (χ2v) is 8.01. The summed E-state index contributed by atoms with van der Waals surface area (Å²) in [4.78, 5) is 28.8. The third kappa shape index (κ3) is 4.54. The first-order valence-corrected chi connectivity index (χ1v) is 11.2. The van der Waals surface area contributed by atoms with Crippen LogP contribution in [0.1, 0.15) is 16.1 Å². The summed E-state index contributed by atoms with van der Waals surface area (Å²) in [5, 5.41) is 4.78. The molecule has 1 aliphatic rings. The molecule has 0 unspecified atom stereocenters. The molecule has 0 atom stereocenters. The van der Waals surface area contributed by atoms with E-state index in [0.717, 1.165) is 22.5 Å². The number of amides is 2. The number of furan rings is 1. The van der Waals surface area contributed by atoms with Gasteiger partial charge in [-0.2, -0.15) is 5.10 Å². The third-order valence-electron chi connectivity index (χ3n) is 5.83. The quantitative estimate of drug-likeness (QED) is 0.427. The Balaban J connectivity index is 1.31. The highest BCUT2D eigenvalue weighted by Gasteiger charge is 2.25. The molecule has 34 heavy (non-hydrogen) atoms. The van der Waals surface area contributed by atoms with E-state index < -0.39 is 0 Å². The second kappa shape index (κ2) is 9.62. The molecule has 4 aromatic rings. The minimum atomic E-state index is -0.145. The summed E-state index contributed by atoms with van der Waals surface area (Å²) in [5.74, 6) is 0.0913. The molecule has 0 bridgehead atoms. The lowest BCUT2D eigenvalue weighted by Gasteiger charge is -2.33. The van der Waals surface area contributed by atoms with Gasteiger partial charge in [0, 0.05) is 49.6 Å². The Hall–Kier alpha value is -4.39. The van der Waals surface area contributed by atoms with E-state index in [1.54, 1.807) is 28.0 Å². The Kier molecular flexibility index (Phi) is 6.07. The highest BCUT2D eigenvalue weighted by Crippen LogP contribution is 2.25. The molecule has 7 nitrogen and oxygen atoms in total. The first-order chi connectivity index (χ1) is 16.7. The van der Waals surface area contributed by atoms with Crippen molar-refractivity contribution in [2.24, 2.45) is 0 Å². The first kappa shape index (κ1) is 21.5. The summed E-state index contributed by atoms with van der Waals surface area (Å²) < 4.78 is 7.03. The van der Waals surface area contributed by atoms with Crippen molar-refractivity contribution in [1.82, 2.24) is 19.6 Å². The van der Waals surface area contributed by atoms with Gasteiger partial charge < -0.3 is 14.2 Å². The largest absolute Gasteiger partial charge is 0.459 e. The lowest BCUT2D eigenvalue weighted by Crippen LogP contribution is -2.50. The maximum absolute atomic E-state index is 12.9. The van der Waals surface area contributed by atoms with Crippen molar-refractivity contribution < 1.29 is 14.0 Å². The van der Waals surface area contributed by atoms with E-state index in [2.05, 4.69) is 0 Å². The summed E-state index contributed by atoms with van der Waals surface area (Å²) in [6.07, 6.45) is 6.82. The standard InChI is InChI=1S/C27H24N4O3/c32-25(29-15-17-30(18-16-29)27(33)24-12-7-19-34-24)14-13-22-20-31(23-10-5-2-6-11-23)28-26(22)21-8-3-1-4-9-21/h1-14,19-20H,15-18H2/b14-13+. The fourth-order valence-electron chi connectivity index (χ4n) is 4.00. The topological polar surface area (TPSA) is 71.6 Å². The number of hydrogen-bond acceptors (Lipinski definition) is 4. The highest BCUT2D eigenvalue weighted by atomic mass is 16.3. The Morgan fingerprint density at radius 1 is 0.824 bits per heavy atom. The number of para-hydroxylation sites is 1. The predicted molar refractivity (Wildman–Crippen MR) is 129 cm³/mol. The zero-order valence-electron chi connectivity index (χ0n) is 18.6. The Labute approximate surface area is 197 Å². The van der Waals surface area contributed by atoms with Crippen LogP contribution in [0.4, 0.5) is 0 Å². The number of benzene rings is 2. The highest BCUT2D eigenvalue weighted by molar-refractivity contribution is 5.94. The SMILES string of the molecule is O=C(/C=C/c1cn(-c2ccccc2)nc1-c1ccccc1)N1CCN(C(=O)c2ccco2)CC1. The molecular formula is C27H24N4O3. The van der Waals surface area contributed by atoms with Crippen molar-refractivity contribution in [3.63, 3.8) is 0 Å². The van der Waals surface area contributed by atoms with Crippen molar-refractivity contribution in [3.8, 4) is 16.9 Å². The molecule has 3 heterocycles. The van der Waals surface area contributed by atoms with Gasteiger partial charge >= 0.3 is 0 Å². The van der Waals surface area contributed by atoms with Gasteiger partial charge in [0.05, 0.1) is 17.6 Å². The average Bonchev–Trinajstić information content (AvgIpc) is 3.59. The number of hydrogen-bond donors (Lipinski definition) is 0. The molecule has 0 N–H and O–H groups in total. The van der Waals surface area contributed by atoms with Gasteiger partial charge in [0.25, 0.3) is 5.91 Å². The summed E-state index contributed by atoms with van der Waals surface area (Å²) in [5.41, 5.74) is 3.59. The minimum Gasteiger partial charge on any atom is -0.459 e. The molecule has 1 fully saturated rings. The number of carbonyl (C=O) groups is 2. The number of rotatable bonds is 5. The fourth-order valence-corrected chi connectivity index (χ4v) is 4.00. The Morgan fingerprint density at radius 2 is 1.50 bits per heavy atom. The van der Waals surface area contributed by atoms with Crippen molar-refractivity contribution in [2.75, 3.05) is 26.2 Å². The van der Waals surface area contributed by atoms with E-state index in [1.807, 2.05) is 77.6 Å². The van der Waals surface area contributed by atoms with Crippen molar-refractivity contribution in [1.29, 1.82) is 0 Å². The van der Waals surface area contributed by atoms with Gasteiger partial charge in [-0.3, -0.25) is 9.59 Å². The number of aromatic nitrogens is 2. The summed E-state index contributed by atoms with van der Waals surface area (Å²) in [6.45, 7) is 1.90. The fraction of sp³-hybridized carbons (Fsp3) is 0.148. The molecule has 5 rings (SSSR count). The zero-order valence-corrected chi connectivity index (χ0v) is 18.6. The molecule has 0 aliphatic carbocycles. The maximum atomic E-state index is 12.9. The summed E-state index contributed by atoms with van der Waals surface area (Å²) >= 11 is 0. The summed E-state index contributed by atoms with van der Waals surface area (Å²) in [7, 11) is 0. The van der Waals surface area contributed by atoms with Crippen LogP contribution in [0.25, 0.3) is 23.0 Å². The molecular weight excluding hydrogens is 428 g/mol. The van der Waals surface area contributed by atoms with Crippen molar-refractivity contribution >= 4 is 17.9 Å². The van der Waals surface area contributed by atoms with Crippen LogP contribution in [-0.2, 0) is 4.79 Å². The molecule has 2 amide bonds. The van der Waals surface area contributed by atoms with Crippen LogP contribution in [0, 0.1) is 0 Å². The molecule has 2 aromatic carbocycles. The predicted octanol–water partition coefficient (Wildman–Crippen LogP) is 4.13. The van der Waals surface area contributed by atoms with Crippen molar-refractivity contribution in [2.45, 2.75) is 0 Å². The smallest absolute Gasteiger partial charge is 0.289 e. The van der Waals surface area contributed by atoms with Gasteiger partial charge in [-0.25, -0.2) is 4.68 Å². The molecule has 0 saturated carbocycles. The van der Waals surface area contributed by atoms with Crippen LogP contribution in [0.3, 0.4) is 0 Å². The molecule has 2 aromatic heterocycles. The zero-order chi connectivity index (χ0) is 23.3. The lowest BCUT2D eigenvalue weighted by molar-refractivity contribution is -0.127. The van der Waals surface area contributed by atoms with Crippen LogP contribution in [0.2, 0.25) is 0 Å². The second-order valence-electron chi connectivity index (χ2n) is 8.01. The molecule has 0 radical (unpaired) electrons. The van der Waals surface area contributed by atoms with Crippen LogP contribution in [-0.4, -0.2) is 57.6 Å². The van der Waals surface area contributed by atoms with E-state index in [-0.39, 0.29) is 11.8 Å². The van der Waals surface area contributed by atoms with Crippen LogP contribution >= 0.6 is 0 Å². The van der Waals surface area contributed by atoms with E-state index >= 15 is 0 Å². The monoisotopic (exact) mass is 452 g/mol. The Morgan fingerprint density at radius 3 is 2.18 bits per heavy atom. The van der Waals surface area contributed by atoms with Gasteiger partial charge in [0.2, 0.25) is 5.91 Å². The van der Waals surface area contributed by atoms with Crippen LogP contribution in [0.5, 0.6) is 0 Å². The van der Waals surface area contributed by atoms with E-state index in [9.17, 15) is 9.59 Å². The normalized spacial score (nSPS) is 14.0. The van der Waals surface area contributed by atoms with Gasteiger partial charge in [-0.1, -0.05) is 48.5 Å². The van der Waals surface area contributed by atoms with E-state index in [1.165, 1.54) is 6.26 Å². The number of nitrogens with zero attached hydrogens (tertiary/aromatic N) is 4. The average molecular weight is 453 g/mol. The molecule has 7 heteroatoms. The molecule has 1 saturated heterocycles. The summed E-state index contributed by atoms with van der Waals surface area (Å²) in [6, 6.07) is 23.1. The van der Waals surface area contributed by atoms with Gasteiger partial charge in [-0.05, 0) is 30.3 Å². The van der Waals surface area contributed by atoms with Gasteiger partial charge in [-0.15, -0.1) is 0 Å². The number of carbonyl (C=O) groups excluding carboxylic acids is 2. The van der Waals surface area contributed by atoms with E-state index in [0.29, 0.717) is 31.9 Å². The lowest BCUT2D eigenvalue weighted by atomic mass is 10.1. The van der Waals surface area contributed by atoms with E-state index in [4.69, 9.17) is 9.52 Å². The minimum absolute atomic E-state index is 0.0865. The molecule has 1 aliphatic heterocycles. The van der Waals surface area contributed by atoms with Gasteiger partial charge in [0.1, 0.15) is 0 Å². The molecule has 170 valence electrons. The number of piperazine rings is 1. The third-order valence-corrected chi connectivity index (χ3v) is 5.83. The van der Waals surface area contributed by atoms with Crippen molar-refractivity contribution in [3.05, 3.63) is 103 Å². The molecule has 0 spiro atoms. The van der Waals surface area contributed by atoms with Crippen LogP contribution < -0.4 is 0 Å². The first-order valence-electron chi connectivity index (χ1n) is 11.2. The Bertz CT molecular complexity index is 1290.